The molecule has 0 bridgehead atoms. The maximum absolute atomic E-state index is 11.0. The number of hydrogen-bond donors (Lipinski definition) is 4. The molecule has 0 aliphatic carbocycles. The van der Waals surface area contributed by atoms with Crippen LogP contribution in [0.5, 0.6) is 0 Å². The fraction of sp³-hybridized carbons (Fsp3) is 0.636. The second-order valence-corrected chi connectivity index (χ2v) is 5.40. The van der Waals surface area contributed by atoms with Gasteiger partial charge in [0.2, 0.25) is 11.8 Å². The predicted octanol–water partition coefficient (Wildman–Crippen LogP) is 0.879. The molecule has 1 atom stereocenters. The van der Waals surface area contributed by atoms with Gasteiger partial charge in [0.25, 0.3) is 0 Å². The monoisotopic (exact) mass is 284 g/mol. The van der Waals surface area contributed by atoms with Gasteiger partial charge in [-0.2, -0.15) is 4.98 Å². The van der Waals surface area contributed by atoms with Crippen molar-refractivity contribution in [2.24, 2.45) is 11.3 Å². The number of hydrogen-bond acceptors (Lipinski definition) is 8. The van der Waals surface area contributed by atoms with E-state index in [0.717, 1.165) is 6.20 Å². The smallest absolute Gasteiger partial charge is 0.329 e. The van der Waals surface area contributed by atoms with Crippen LogP contribution in [0.4, 0.5) is 17.5 Å². The van der Waals surface area contributed by atoms with Crippen molar-refractivity contribution in [2.75, 3.05) is 17.3 Å². The first-order valence-corrected chi connectivity index (χ1v) is 6.15. The zero-order valence-corrected chi connectivity index (χ0v) is 11.8. The molecule has 0 aromatic carbocycles. The Balaban J connectivity index is 3.12. The third-order valence-corrected chi connectivity index (χ3v) is 2.87. The highest BCUT2D eigenvalue weighted by molar-refractivity contribution is 5.57. The first kappa shape index (κ1) is 16.1. The average molecular weight is 284 g/mol. The molecular formula is C11H20N6O3. The third-order valence-electron chi connectivity index (χ3n) is 2.87. The van der Waals surface area contributed by atoms with E-state index in [4.69, 9.17) is 10.9 Å². The van der Waals surface area contributed by atoms with Gasteiger partial charge < -0.3 is 10.4 Å². The molecule has 0 amide bonds. The number of nitrogen functional groups attached to an aromatic ring is 1. The molecule has 1 aromatic heterocycles. The van der Waals surface area contributed by atoms with Crippen molar-refractivity contribution < 1.29 is 10.0 Å². The summed E-state index contributed by atoms with van der Waals surface area (Å²) in [4.78, 5) is 18.1. The quantitative estimate of drug-likeness (QED) is 0.343. The van der Waals surface area contributed by atoms with E-state index in [1.807, 2.05) is 20.8 Å². The standard InChI is InChI=1S/C11H20N6O3/c1-11(2,3)8(4-5-18)14-9-7(17(19)20)6-13-10(15-9)16-12/h6,8,18H,4-5,12H2,1-3H3,(H2,13,14,15,16). The van der Waals surface area contributed by atoms with Gasteiger partial charge in [0, 0.05) is 12.6 Å². The number of rotatable bonds is 6. The van der Waals surface area contributed by atoms with Crippen molar-refractivity contribution in [1.82, 2.24) is 9.97 Å². The number of aliphatic hydroxyl groups is 1. The minimum absolute atomic E-state index is 0.0319. The van der Waals surface area contributed by atoms with Crippen LogP contribution in [0.3, 0.4) is 0 Å². The Kier molecular flexibility index (Phi) is 5.17. The Morgan fingerprint density at radius 2 is 2.20 bits per heavy atom. The van der Waals surface area contributed by atoms with Crippen LogP contribution in [0, 0.1) is 15.5 Å². The van der Waals surface area contributed by atoms with Crippen LogP contribution < -0.4 is 16.6 Å². The van der Waals surface area contributed by atoms with E-state index < -0.39 is 4.92 Å². The van der Waals surface area contributed by atoms with Crippen molar-refractivity contribution in [3.8, 4) is 0 Å². The van der Waals surface area contributed by atoms with Crippen LogP contribution in [-0.4, -0.2) is 32.6 Å². The van der Waals surface area contributed by atoms with Crippen molar-refractivity contribution in [3.63, 3.8) is 0 Å². The average Bonchev–Trinajstić information content (AvgIpc) is 2.36. The Labute approximate surface area is 116 Å². The molecule has 0 saturated heterocycles. The third kappa shape index (κ3) is 4.00. The lowest BCUT2D eigenvalue weighted by atomic mass is 9.85. The van der Waals surface area contributed by atoms with Gasteiger partial charge in [-0.15, -0.1) is 0 Å². The highest BCUT2D eigenvalue weighted by atomic mass is 16.6. The van der Waals surface area contributed by atoms with Gasteiger partial charge in [0.15, 0.2) is 0 Å². The molecule has 1 unspecified atom stereocenters. The molecule has 1 rings (SSSR count). The summed E-state index contributed by atoms with van der Waals surface area (Å²) in [6.45, 7) is 5.87. The molecule has 1 heterocycles. The Hall–Kier alpha value is -2.00. The summed E-state index contributed by atoms with van der Waals surface area (Å²) in [5.74, 6) is 5.36. The van der Waals surface area contributed by atoms with Crippen LogP contribution >= 0.6 is 0 Å². The first-order valence-electron chi connectivity index (χ1n) is 6.15. The van der Waals surface area contributed by atoms with Gasteiger partial charge in [0.1, 0.15) is 6.20 Å². The molecule has 9 nitrogen and oxygen atoms in total. The fourth-order valence-corrected chi connectivity index (χ4v) is 1.70. The number of nitrogens with one attached hydrogen (secondary N) is 2. The van der Waals surface area contributed by atoms with Crippen LogP contribution in [0.1, 0.15) is 27.2 Å². The number of aromatic nitrogens is 2. The summed E-state index contributed by atoms with van der Waals surface area (Å²) in [6, 6.07) is -0.188. The number of nitro groups is 1. The molecule has 5 N–H and O–H groups in total. The highest BCUT2D eigenvalue weighted by Crippen LogP contribution is 2.29. The van der Waals surface area contributed by atoms with Crippen LogP contribution in [0.2, 0.25) is 0 Å². The summed E-state index contributed by atoms with van der Waals surface area (Å²) < 4.78 is 0. The molecular weight excluding hydrogens is 264 g/mol. The SMILES string of the molecule is CC(C)(C)C(CCO)Nc1nc(NN)ncc1[N+](=O)[O-]. The minimum Gasteiger partial charge on any atom is -0.396 e. The van der Waals surface area contributed by atoms with E-state index in [2.05, 4.69) is 20.7 Å². The topological polar surface area (TPSA) is 139 Å². The largest absolute Gasteiger partial charge is 0.396 e. The van der Waals surface area contributed by atoms with Gasteiger partial charge in [-0.05, 0) is 11.8 Å². The van der Waals surface area contributed by atoms with Crippen LogP contribution in [0.15, 0.2) is 6.20 Å². The molecule has 20 heavy (non-hydrogen) atoms. The van der Waals surface area contributed by atoms with Gasteiger partial charge in [-0.25, -0.2) is 10.8 Å². The zero-order chi connectivity index (χ0) is 15.3. The van der Waals surface area contributed by atoms with Crippen LogP contribution in [-0.2, 0) is 0 Å². The second kappa shape index (κ2) is 6.44. The molecule has 9 heteroatoms. The van der Waals surface area contributed by atoms with Crippen molar-refractivity contribution >= 4 is 17.5 Å². The fourth-order valence-electron chi connectivity index (χ4n) is 1.70. The molecule has 112 valence electrons. The number of aliphatic hydroxyl groups excluding tert-OH is 1. The Bertz CT molecular complexity index is 474. The summed E-state index contributed by atoms with van der Waals surface area (Å²) >= 11 is 0. The Morgan fingerprint density at radius 1 is 1.55 bits per heavy atom. The van der Waals surface area contributed by atoms with E-state index in [1.54, 1.807) is 0 Å². The van der Waals surface area contributed by atoms with Gasteiger partial charge in [0.05, 0.1) is 4.92 Å². The van der Waals surface area contributed by atoms with Crippen molar-refractivity contribution in [2.45, 2.75) is 33.2 Å². The van der Waals surface area contributed by atoms with E-state index in [0.29, 0.717) is 6.42 Å². The van der Waals surface area contributed by atoms with E-state index >= 15 is 0 Å². The lowest BCUT2D eigenvalue weighted by molar-refractivity contribution is -0.384. The zero-order valence-electron chi connectivity index (χ0n) is 11.8. The molecule has 0 aliphatic heterocycles. The maximum atomic E-state index is 11.0. The van der Waals surface area contributed by atoms with Gasteiger partial charge >= 0.3 is 5.69 Å². The summed E-state index contributed by atoms with van der Waals surface area (Å²) in [7, 11) is 0. The summed E-state index contributed by atoms with van der Waals surface area (Å²) in [6.07, 6.45) is 1.53. The van der Waals surface area contributed by atoms with Crippen molar-refractivity contribution in [3.05, 3.63) is 16.3 Å². The lowest BCUT2D eigenvalue weighted by Crippen LogP contribution is -2.35. The minimum atomic E-state index is -0.568. The van der Waals surface area contributed by atoms with Gasteiger partial charge in [-0.1, -0.05) is 20.8 Å². The molecule has 0 fully saturated rings. The molecule has 0 aliphatic rings. The molecule has 0 radical (unpaired) electrons. The molecule has 0 saturated carbocycles. The normalized spacial score (nSPS) is 12.8. The van der Waals surface area contributed by atoms with E-state index in [-0.39, 0.29) is 35.5 Å². The summed E-state index contributed by atoms with van der Waals surface area (Å²) in [5.41, 5.74) is 1.79. The first-order chi connectivity index (χ1) is 9.29. The molecule has 1 aromatic rings. The van der Waals surface area contributed by atoms with Gasteiger partial charge in [-0.3, -0.25) is 15.5 Å². The Morgan fingerprint density at radius 3 is 2.65 bits per heavy atom. The highest BCUT2D eigenvalue weighted by Gasteiger charge is 2.27. The number of hydrazine groups is 1. The summed E-state index contributed by atoms with van der Waals surface area (Å²) in [5, 5.41) is 23.1. The number of anilines is 2. The maximum Gasteiger partial charge on any atom is 0.329 e. The van der Waals surface area contributed by atoms with Crippen molar-refractivity contribution in [1.29, 1.82) is 0 Å². The van der Waals surface area contributed by atoms with Crippen LogP contribution in [0.25, 0.3) is 0 Å². The molecule has 0 spiro atoms. The predicted molar refractivity (Wildman–Crippen MR) is 75.1 cm³/mol. The second-order valence-electron chi connectivity index (χ2n) is 5.40. The number of nitrogens with zero attached hydrogens (tertiary/aromatic N) is 3. The number of nitrogens with two attached hydrogens (primary N) is 1. The van der Waals surface area contributed by atoms with E-state index in [9.17, 15) is 10.1 Å². The van der Waals surface area contributed by atoms with E-state index in [1.165, 1.54) is 0 Å². The lowest BCUT2D eigenvalue weighted by Gasteiger charge is -2.31.